The largest absolute Gasteiger partial charge is 0.449 e. The first-order valence-electron chi connectivity index (χ1n) is 7.86. The van der Waals surface area contributed by atoms with Crippen LogP contribution < -0.4 is 5.43 Å². The minimum atomic E-state index is -0.667. The summed E-state index contributed by atoms with van der Waals surface area (Å²) in [4.78, 5) is 27.6. The first-order valence-corrected chi connectivity index (χ1v) is 7.86. The van der Waals surface area contributed by atoms with Gasteiger partial charge in [-0.2, -0.15) is 0 Å². The van der Waals surface area contributed by atoms with Gasteiger partial charge in [-0.1, -0.05) is 6.07 Å². The van der Waals surface area contributed by atoms with Crippen molar-refractivity contribution in [1.29, 1.82) is 0 Å². The van der Waals surface area contributed by atoms with Crippen molar-refractivity contribution in [3.05, 3.63) is 30.1 Å². The Balaban J connectivity index is 2.54. The van der Waals surface area contributed by atoms with Gasteiger partial charge in [0.1, 0.15) is 0 Å². The van der Waals surface area contributed by atoms with Crippen LogP contribution in [-0.4, -0.2) is 41.4 Å². The summed E-state index contributed by atoms with van der Waals surface area (Å²) in [6.45, 7) is 5.74. The third-order valence-corrected chi connectivity index (χ3v) is 3.20. The predicted octanol–water partition coefficient (Wildman–Crippen LogP) is 2.91. The number of hydrogen-bond acceptors (Lipinski definition) is 5. The van der Waals surface area contributed by atoms with E-state index in [0.717, 1.165) is 18.4 Å². The number of carbonyl (C=O) groups is 2. The molecule has 1 unspecified atom stereocenters. The van der Waals surface area contributed by atoms with Crippen LogP contribution in [0.5, 0.6) is 0 Å². The third kappa shape index (κ3) is 6.99. The quantitative estimate of drug-likeness (QED) is 0.780. The Labute approximate surface area is 136 Å². The van der Waals surface area contributed by atoms with Gasteiger partial charge in [-0.05, 0) is 51.7 Å². The second-order valence-electron chi connectivity index (χ2n) is 5.00. The van der Waals surface area contributed by atoms with Gasteiger partial charge in [-0.3, -0.25) is 4.98 Å². The van der Waals surface area contributed by atoms with Crippen molar-refractivity contribution < 1.29 is 19.1 Å². The van der Waals surface area contributed by atoms with Crippen molar-refractivity contribution >= 4 is 12.2 Å². The van der Waals surface area contributed by atoms with Crippen LogP contribution in [0, 0.1) is 0 Å². The zero-order valence-electron chi connectivity index (χ0n) is 13.9. The highest BCUT2D eigenvalue weighted by molar-refractivity contribution is 5.74. The number of pyridine rings is 1. The van der Waals surface area contributed by atoms with Gasteiger partial charge < -0.3 is 9.47 Å². The molecule has 0 aromatic carbocycles. The van der Waals surface area contributed by atoms with E-state index in [2.05, 4.69) is 10.4 Å². The maximum absolute atomic E-state index is 12.0. The molecule has 1 heterocycles. The van der Waals surface area contributed by atoms with Crippen LogP contribution >= 0.6 is 0 Å². The number of nitrogens with zero attached hydrogens (tertiary/aromatic N) is 2. The topological polar surface area (TPSA) is 80.8 Å². The molecule has 0 saturated heterocycles. The fourth-order valence-electron chi connectivity index (χ4n) is 2.07. The zero-order chi connectivity index (χ0) is 17.1. The maximum Gasteiger partial charge on any atom is 0.429 e. The van der Waals surface area contributed by atoms with Crippen molar-refractivity contribution in [3.63, 3.8) is 0 Å². The van der Waals surface area contributed by atoms with Gasteiger partial charge in [0, 0.05) is 12.4 Å². The molecule has 1 rings (SSSR count). The van der Waals surface area contributed by atoms with Crippen molar-refractivity contribution in [2.24, 2.45) is 0 Å². The summed E-state index contributed by atoms with van der Waals surface area (Å²) >= 11 is 0. The van der Waals surface area contributed by atoms with E-state index >= 15 is 0 Å². The van der Waals surface area contributed by atoms with Crippen molar-refractivity contribution in [3.8, 4) is 0 Å². The van der Waals surface area contributed by atoms with Crippen LogP contribution in [0.25, 0.3) is 0 Å². The van der Waals surface area contributed by atoms with Gasteiger partial charge in [0.25, 0.3) is 0 Å². The molecule has 0 fully saturated rings. The number of amides is 2. The van der Waals surface area contributed by atoms with Gasteiger partial charge in [0.2, 0.25) is 0 Å². The minimum absolute atomic E-state index is 0.213. The smallest absolute Gasteiger partial charge is 0.429 e. The molecule has 0 spiro atoms. The number of hydrazine groups is 1. The maximum atomic E-state index is 12.0. The number of aryl methyl sites for hydroxylation is 1. The molecule has 1 N–H and O–H groups in total. The second-order valence-corrected chi connectivity index (χ2v) is 5.00. The number of ether oxygens (including phenoxy) is 2. The highest BCUT2D eigenvalue weighted by Crippen LogP contribution is 2.10. The van der Waals surface area contributed by atoms with E-state index in [1.54, 1.807) is 20.0 Å². The Kier molecular flexibility index (Phi) is 8.49. The van der Waals surface area contributed by atoms with E-state index in [1.165, 1.54) is 5.01 Å². The van der Waals surface area contributed by atoms with Gasteiger partial charge >= 0.3 is 12.2 Å². The van der Waals surface area contributed by atoms with Crippen LogP contribution in [0.4, 0.5) is 9.59 Å². The first kappa shape index (κ1) is 18.7. The molecule has 0 radical (unpaired) electrons. The summed E-state index contributed by atoms with van der Waals surface area (Å²) in [7, 11) is 0. The molecule has 0 aliphatic heterocycles. The van der Waals surface area contributed by atoms with Crippen LogP contribution in [-0.2, 0) is 15.9 Å². The molecule has 2 amide bonds. The zero-order valence-corrected chi connectivity index (χ0v) is 13.9. The Morgan fingerprint density at radius 1 is 1.30 bits per heavy atom. The van der Waals surface area contributed by atoms with Gasteiger partial charge in [-0.15, -0.1) is 0 Å². The van der Waals surface area contributed by atoms with Gasteiger partial charge in [0.05, 0.1) is 19.3 Å². The molecular weight excluding hydrogens is 298 g/mol. The standard InChI is InChI=1S/C16H25N3O4/c1-4-22-15(20)18-19(16(21)23-5-2)13(3)8-6-9-14-10-7-11-17-12-14/h7,10-13H,4-6,8-9H2,1-3H3,(H,18,20). The Morgan fingerprint density at radius 3 is 2.65 bits per heavy atom. The van der Waals surface area contributed by atoms with Crippen LogP contribution in [0.2, 0.25) is 0 Å². The number of carbonyl (C=O) groups excluding carboxylic acids is 2. The molecule has 7 nitrogen and oxygen atoms in total. The molecule has 1 atom stereocenters. The van der Waals surface area contributed by atoms with Gasteiger partial charge in [0.15, 0.2) is 0 Å². The number of rotatable bonds is 7. The fourth-order valence-corrected chi connectivity index (χ4v) is 2.07. The number of hydrogen-bond donors (Lipinski definition) is 1. The van der Waals surface area contributed by atoms with Crippen LogP contribution in [0.15, 0.2) is 24.5 Å². The summed E-state index contributed by atoms with van der Waals surface area (Å²) in [6, 6.07) is 3.69. The molecule has 23 heavy (non-hydrogen) atoms. The fraction of sp³-hybridized carbons (Fsp3) is 0.562. The molecule has 0 saturated carbocycles. The lowest BCUT2D eigenvalue weighted by Gasteiger charge is -2.28. The lowest BCUT2D eigenvalue weighted by Crippen LogP contribution is -2.51. The first-order chi connectivity index (χ1) is 11.1. The number of nitrogens with one attached hydrogen (secondary N) is 1. The Morgan fingerprint density at radius 2 is 2.04 bits per heavy atom. The normalized spacial score (nSPS) is 11.4. The average Bonchev–Trinajstić information content (AvgIpc) is 2.54. The summed E-state index contributed by atoms with van der Waals surface area (Å²) < 4.78 is 9.79. The van der Waals surface area contributed by atoms with Crippen molar-refractivity contribution in [1.82, 2.24) is 15.4 Å². The molecular formula is C16H25N3O4. The SMILES string of the molecule is CCOC(=O)NN(C(=O)OCC)C(C)CCCc1cccnc1. The van der Waals surface area contributed by atoms with Crippen molar-refractivity contribution in [2.75, 3.05) is 13.2 Å². The van der Waals surface area contributed by atoms with E-state index in [1.807, 2.05) is 25.3 Å². The lowest BCUT2D eigenvalue weighted by atomic mass is 10.1. The molecule has 7 heteroatoms. The molecule has 1 aromatic heterocycles. The van der Waals surface area contributed by atoms with E-state index in [0.29, 0.717) is 6.42 Å². The summed E-state index contributed by atoms with van der Waals surface area (Å²) in [5.41, 5.74) is 3.58. The minimum Gasteiger partial charge on any atom is -0.449 e. The van der Waals surface area contributed by atoms with Crippen LogP contribution in [0.3, 0.4) is 0 Å². The highest BCUT2D eigenvalue weighted by atomic mass is 16.6. The van der Waals surface area contributed by atoms with E-state index < -0.39 is 12.2 Å². The summed E-state index contributed by atoms with van der Waals surface area (Å²) in [6.07, 6.45) is 4.72. The number of aromatic nitrogens is 1. The molecule has 0 aliphatic rings. The van der Waals surface area contributed by atoms with Crippen LogP contribution in [0.1, 0.15) is 39.2 Å². The lowest BCUT2D eigenvalue weighted by molar-refractivity contribution is 0.0564. The third-order valence-electron chi connectivity index (χ3n) is 3.20. The Bertz CT molecular complexity index is 481. The van der Waals surface area contributed by atoms with E-state index in [-0.39, 0.29) is 19.3 Å². The molecule has 1 aromatic rings. The van der Waals surface area contributed by atoms with E-state index in [9.17, 15) is 9.59 Å². The Hall–Kier alpha value is -2.31. The summed E-state index contributed by atoms with van der Waals surface area (Å²) in [5, 5.41) is 1.19. The predicted molar refractivity (Wildman–Crippen MR) is 85.7 cm³/mol. The van der Waals surface area contributed by atoms with Crippen molar-refractivity contribution in [2.45, 2.75) is 46.1 Å². The molecule has 0 aliphatic carbocycles. The molecule has 128 valence electrons. The van der Waals surface area contributed by atoms with E-state index in [4.69, 9.17) is 9.47 Å². The second kappa shape index (κ2) is 10.4. The van der Waals surface area contributed by atoms with Gasteiger partial charge in [-0.25, -0.2) is 20.0 Å². The monoisotopic (exact) mass is 323 g/mol. The average molecular weight is 323 g/mol. The molecule has 0 bridgehead atoms. The highest BCUT2D eigenvalue weighted by Gasteiger charge is 2.23. The summed E-state index contributed by atoms with van der Waals surface area (Å²) in [5.74, 6) is 0.